The van der Waals surface area contributed by atoms with Gasteiger partial charge >= 0.3 is 0 Å². The van der Waals surface area contributed by atoms with Gasteiger partial charge in [0, 0.05) is 16.5 Å². The lowest BCUT2D eigenvalue weighted by molar-refractivity contribution is 0.331. The molecule has 7 heteroatoms. The molecule has 1 aliphatic carbocycles. The van der Waals surface area contributed by atoms with Gasteiger partial charge in [-0.1, -0.05) is 31.7 Å². The zero-order valence-corrected chi connectivity index (χ0v) is 15.7. The number of benzene rings is 1. The van der Waals surface area contributed by atoms with Gasteiger partial charge in [-0.15, -0.1) is 0 Å². The molecule has 1 heterocycles. The summed E-state index contributed by atoms with van der Waals surface area (Å²) in [7, 11) is 1.63. The van der Waals surface area contributed by atoms with Gasteiger partial charge in [0.25, 0.3) is 0 Å². The molecule has 1 aromatic carbocycles. The van der Waals surface area contributed by atoms with Crippen molar-refractivity contribution >= 4 is 11.8 Å². The molecule has 1 aliphatic rings. The molecule has 1 aromatic heterocycles. The Morgan fingerprint density at radius 3 is 2.73 bits per heavy atom. The second kappa shape index (κ2) is 7.23. The van der Waals surface area contributed by atoms with Crippen LogP contribution < -0.4 is 9.47 Å². The first-order valence-corrected chi connectivity index (χ1v) is 9.08. The highest BCUT2D eigenvalue weighted by atomic mass is 32.2. The van der Waals surface area contributed by atoms with Crippen molar-refractivity contribution in [2.24, 2.45) is 0 Å². The lowest BCUT2D eigenvalue weighted by Gasteiger charge is -2.34. The van der Waals surface area contributed by atoms with Crippen LogP contribution >= 0.6 is 11.8 Å². The van der Waals surface area contributed by atoms with Crippen LogP contribution in [0.15, 0.2) is 23.4 Å². The number of thioether (sulfide) groups is 1. The van der Waals surface area contributed by atoms with Crippen LogP contribution in [0.1, 0.15) is 25.0 Å². The predicted octanol–water partition coefficient (Wildman–Crippen LogP) is 3.50. The number of nitriles is 2. The minimum absolute atomic E-state index is 0.0904. The van der Waals surface area contributed by atoms with E-state index < -0.39 is 0 Å². The number of hydrogen-bond acceptors (Lipinski definition) is 7. The van der Waals surface area contributed by atoms with Gasteiger partial charge in [-0.2, -0.15) is 15.5 Å². The van der Waals surface area contributed by atoms with Crippen molar-refractivity contribution < 1.29 is 9.47 Å². The van der Waals surface area contributed by atoms with E-state index in [4.69, 9.17) is 25.0 Å². The molecule has 26 heavy (non-hydrogen) atoms. The maximum Gasteiger partial charge on any atom is 0.222 e. The van der Waals surface area contributed by atoms with E-state index in [9.17, 15) is 0 Å². The molecule has 0 bridgehead atoms. The van der Waals surface area contributed by atoms with E-state index in [1.54, 1.807) is 7.11 Å². The molecule has 2 aromatic rings. The molecule has 0 unspecified atom stereocenters. The van der Waals surface area contributed by atoms with Crippen molar-refractivity contribution in [1.82, 2.24) is 9.97 Å². The van der Waals surface area contributed by atoms with E-state index in [1.807, 2.05) is 18.2 Å². The Morgan fingerprint density at radius 2 is 2.04 bits per heavy atom. The summed E-state index contributed by atoms with van der Waals surface area (Å²) in [5.41, 5.74) is 3.56. The maximum atomic E-state index is 8.92. The van der Waals surface area contributed by atoms with Gasteiger partial charge in [-0.25, -0.2) is 4.98 Å². The molecule has 0 saturated heterocycles. The Kier molecular flexibility index (Phi) is 5.01. The highest BCUT2D eigenvalue weighted by Gasteiger charge is 2.36. The Labute approximate surface area is 156 Å². The van der Waals surface area contributed by atoms with Crippen molar-refractivity contribution in [3.63, 3.8) is 0 Å². The van der Waals surface area contributed by atoms with Crippen LogP contribution in [0.2, 0.25) is 0 Å². The van der Waals surface area contributed by atoms with Crippen LogP contribution in [0, 0.1) is 22.7 Å². The minimum atomic E-state index is -0.250. The van der Waals surface area contributed by atoms with Gasteiger partial charge in [-0.05, 0) is 24.1 Å². The van der Waals surface area contributed by atoms with E-state index in [2.05, 4.69) is 31.0 Å². The fourth-order valence-corrected chi connectivity index (χ4v) is 3.71. The number of rotatable bonds is 5. The quantitative estimate of drug-likeness (QED) is 0.590. The number of nitrogens with zero attached hydrogens (tertiary/aromatic N) is 4. The Balaban J connectivity index is 2.24. The van der Waals surface area contributed by atoms with Gasteiger partial charge in [0.15, 0.2) is 11.8 Å². The number of methoxy groups -OCH3 is 1. The normalized spacial score (nSPS) is 13.7. The monoisotopic (exact) mass is 366 g/mol. The third-order valence-electron chi connectivity index (χ3n) is 4.28. The average Bonchev–Trinajstić information content (AvgIpc) is 2.63. The van der Waals surface area contributed by atoms with E-state index in [-0.39, 0.29) is 17.8 Å². The molecule has 0 amide bonds. The summed E-state index contributed by atoms with van der Waals surface area (Å²) in [4.78, 5) is 9.18. The number of ether oxygens (including phenoxy) is 2. The fourth-order valence-electron chi connectivity index (χ4n) is 3.21. The van der Waals surface area contributed by atoms with E-state index in [1.165, 1.54) is 17.3 Å². The van der Waals surface area contributed by atoms with Crippen molar-refractivity contribution in [2.75, 3.05) is 19.5 Å². The molecule has 0 spiro atoms. The molecule has 0 fully saturated rings. The third-order valence-corrected chi connectivity index (χ3v) is 4.99. The molecule has 3 rings (SSSR count). The first kappa shape index (κ1) is 18.0. The first-order chi connectivity index (χ1) is 12.5. The maximum absolute atomic E-state index is 8.92. The van der Waals surface area contributed by atoms with Gasteiger partial charge in [0.2, 0.25) is 5.88 Å². The van der Waals surface area contributed by atoms with Crippen LogP contribution in [0.25, 0.3) is 11.3 Å². The highest BCUT2D eigenvalue weighted by Crippen LogP contribution is 2.47. The average molecular weight is 366 g/mol. The molecular weight excluding hydrogens is 348 g/mol. The van der Waals surface area contributed by atoms with Crippen LogP contribution in [-0.2, 0) is 11.8 Å². The summed E-state index contributed by atoms with van der Waals surface area (Å²) in [6.45, 7) is 4.14. The van der Waals surface area contributed by atoms with Crippen molar-refractivity contribution in [3.8, 4) is 35.0 Å². The van der Waals surface area contributed by atoms with Crippen molar-refractivity contribution in [1.29, 1.82) is 10.5 Å². The van der Waals surface area contributed by atoms with Crippen LogP contribution in [0.4, 0.5) is 0 Å². The predicted molar refractivity (Wildman–Crippen MR) is 98.2 cm³/mol. The Morgan fingerprint density at radius 1 is 1.23 bits per heavy atom. The lowest BCUT2D eigenvalue weighted by Crippen LogP contribution is -2.28. The summed E-state index contributed by atoms with van der Waals surface area (Å²) in [6.07, 6.45) is 0.802. The van der Waals surface area contributed by atoms with Gasteiger partial charge < -0.3 is 9.47 Å². The van der Waals surface area contributed by atoms with E-state index >= 15 is 0 Å². The third kappa shape index (κ3) is 3.31. The summed E-state index contributed by atoms with van der Waals surface area (Å²) in [5, 5.41) is 18.2. The van der Waals surface area contributed by atoms with Crippen molar-refractivity contribution in [2.45, 2.75) is 30.8 Å². The smallest absolute Gasteiger partial charge is 0.222 e. The lowest BCUT2D eigenvalue weighted by atomic mass is 9.72. The second-order valence-corrected chi connectivity index (χ2v) is 7.45. The Bertz CT molecular complexity index is 928. The summed E-state index contributed by atoms with van der Waals surface area (Å²) in [6, 6.07) is 10.0. The van der Waals surface area contributed by atoms with Crippen LogP contribution in [-0.4, -0.2) is 29.4 Å². The standard InChI is InChI=1S/C19H18N4O2S/c1-19(2)11-12-4-5-13(24-3)10-14(12)16-15(19)17(25-8-6-20)23-18(22-16)26-9-7-21/h4-5,10H,8-9,11H2,1-3H3. The highest BCUT2D eigenvalue weighted by molar-refractivity contribution is 7.99. The number of hydrogen-bond donors (Lipinski definition) is 0. The zero-order chi connectivity index (χ0) is 18.7. The molecule has 0 radical (unpaired) electrons. The molecule has 0 N–H and O–H groups in total. The van der Waals surface area contributed by atoms with Crippen LogP contribution in [0.3, 0.4) is 0 Å². The SMILES string of the molecule is COc1ccc2c(c1)-c1nc(SCC#N)nc(OCC#N)c1C(C)(C)C2. The van der Waals surface area contributed by atoms with Gasteiger partial charge in [-0.3, -0.25) is 0 Å². The molecule has 132 valence electrons. The largest absolute Gasteiger partial charge is 0.497 e. The van der Waals surface area contributed by atoms with E-state index in [0.717, 1.165) is 29.0 Å². The van der Waals surface area contributed by atoms with Crippen molar-refractivity contribution in [3.05, 3.63) is 29.3 Å². The second-order valence-electron chi connectivity index (χ2n) is 6.51. The fraction of sp³-hybridized carbons (Fsp3) is 0.368. The van der Waals surface area contributed by atoms with E-state index in [0.29, 0.717) is 11.0 Å². The molecular formula is C19H18N4O2S. The van der Waals surface area contributed by atoms with Gasteiger partial charge in [0.05, 0.1) is 24.6 Å². The molecule has 0 saturated carbocycles. The zero-order valence-electron chi connectivity index (χ0n) is 14.9. The van der Waals surface area contributed by atoms with Gasteiger partial charge in [0.1, 0.15) is 11.8 Å². The Hall–Kier alpha value is -2.77. The number of aromatic nitrogens is 2. The van der Waals surface area contributed by atoms with Crippen LogP contribution in [0.5, 0.6) is 11.6 Å². The summed E-state index contributed by atoms with van der Waals surface area (Å²) >= 11 is 1.25. The topological polar surface area (TPSA) is 91.8 Å². The first-order valence-electron chi connectivity index (χ1n) is 8.09. The number of fused-ring (bicyclic) bond motifs is 3. The molecule has 6 nitrogen and oxygen atoms in total. The summed E-state index contributed by atoms with van der Waals surface area (Å²) < 4.78 is 11.0. The molecule has 0 atom stereocenters. The minimum Gasteiger partial charge on any atom is -0.497 e. The summed E-state index contributed by atoms with van der Waals surface area (Å²) in [5.74, 6) is 1.40. The molecule has 0 aliphatic heterocycles.